The molecule has 1 heterocycles. The minimum Gasteiger partial charge on any atom is -0.451 e. The summed E-state index contributed by atoms with van der Waals surface area (Å²) in [6.45, 7) is 1.52. The highest BCUT2D eigenvalue weighted by Gasteiger charge is 2.67. The second-order valence-corrected chi connectivity index (χ2v) is 9.46. The van der Waals surface area contributed by atoms with Crippen molar-refractivity contribution in [3.8, 4) is 0 Å². The van der Waals surface area contributed by atoms with Crippen molar-refractivity contribution in [3.05, 3.63) is 77.9 Å². The summed E-state index contributed by atoms with van der Waals surface area (Å²) in [6, 6.07) is 15.1. The van der Waals surface area contributed by atoms with Gasteiger partial charge in [-0.15, -0.1) is 0 Å². The van der Waals surface area contributed by atoms with E-state index in [9.17, 15) is 19.2 Å². The van der Waals surface area contributed by atoms with Crippen LogP contribution in [0.3, 0.4) is 0 Å². The predicted molar refractivity (Wildman–Crippen MR) is 119 cm³/mol. The zero-order chi connectivity index (χ0) is 22.9. The molecule has 6 heteroatoms. The summed E-state index contributed by atoms with van der Waals surface area (Å²) in [5, 5.41) is 0. The van der Waals surface area contributed by atoms with Gasteiger partial charge in [0.2, 0.25) is 17.6 Å². The highest BCUT2D eigenvalue weighted by Crippen LogP contribution is 2.65. The van der Waals surface area contributed by atoms with Crippen molar-refractivity contribution in [3.63, 3.8) is 0 Å². The van der Waals surface area contributed by atoms with Crippen LogP contribution in [0.1, 0.15) is 34.1 Å². The molecule has 0 unspecified atom stereocenters. The molecule has 7 rings (SSSR count). The monoisotopic (exact) mass is 441 g/mol. The molecular formula is C27H23NO5. The van der Waals surface area contributed by atoms with Crippen LogP contribution in [0.5, 0.6) is 0 Å². The number of carbonyl (C=O) groups is 4. The average Bonchev–Trinajstić information content (AvgIpc) is 3.62. The number of ether oxygens (including phenoxy) is 1. The van der Waals surface area contributed by atoms with Crippen molar-refractivity contribution < 1.29 is 23.9 Å². The molecule has 4 aliphatic carbocycles. The molecule has 5 aliphatic rings. The largest absolute Gasteiger partial charge is 0.451 e. The number of nitrogens with zero attached hydrogens (tertiary/aromatic N) is 1. The first-order chi connectivity index (χ1) is 16.0. The summed E-state index contributed by atoms with van der Waals surface area (Å²) in [6.07, 6.45) is 4.32. The van der Waals surface area contributed by atoms with E-state index < -0.39 is 12.1 Å². The molecule has 166 valence electrons. The van der Waals surface area contributed by atoms with E-state index in [1.807, 2.05) is 0 Å². The first kappa shape index (κ1) is 20.1. The Balaban J connectivity index is 1.27. The molecule has 2 aromatic carbocycles. The van der Waals surface area contributed by atoms with E-state index in [0.717, 1.165) is 6.42 Å². The minimum absolute atomic E-state index is 0.106. The third kappa shape index (κ3) is 2.93. The van der Waals surface area contributed by atoms with Crippen molar-refractivity contribution in [2.24, 2.45) is 35.5 Å². The van der Waals surface area contributed by atoms with E-state index in [0.29, 0.717) is 17.4 Å². The smallest absolute Gasteiger partial charge is 0.340 e. The number of hydrogen-bond acceptors (Lipinski definition) is 5. The Morgan fingerprint density at radius 2 is 1.45 bits per heavy atom. The highest BCUT2D eigenvalue weighted by atomic mass is 16.5. The number of amides is 2. The van der Waals surface area contributed by atoms with Crippen LogP contribution in [0.15, 0.2) is 66.7 Å². The van der Waals surface area contributed by atoms with Crippen molar-refractivity contribution in [1.82, 2.24) is 0 Å². The molecule has 2 aromatic rings. The lowest BCUT2D eigenvalue weighted by Crippen LogP contribution is -2.40. The topological polar surface area (TPSA) is 80.8 Å². The Morgan fingerprint density at radius 1 is 0.879 bits per heavy atom. The van der Waals surface area contributed by atoms with Crippen molar-refractivity contribution in [2.75, 3.05) is 4.90 Å². The summed E-state index contributed by atoms with van der Waals surface area (Å²) in [7, 11) is 0. The number of carbonyl (C=O) groups excluding carboxylic acids is 4. The molecule has 2 amide bonds. The van der Waals surface area contributed by atoms with Crippen LogP contribution in [0.25, 0.3) is 0 Å². The number of ketones is 1. The van der Waals surface area contributed by atoms with E-state index in [4.69, 9.17) is 4.74 Å². The first-order valence-electron chi connectivity index (χ1n) is 11.4. The van der Waals surface area contributed by atoms with Gasteiger partial charge in [0.05, 0.1) is 23.1 Å². The van der Waals surface area contributed by atoms with Crippen LogP contribution in [0.2, 0.25) is 0 Å². The van der Waals surface area contributed by atoms with Gasteiger partial charge in [-0.2, -0.15) is 0 Å². The van der Waals surface area contributed by atoms with Crippen LogP contribution in [0, 0.1) is 35.5 Å². The zero-order valence-electron chi connectivity index (χ0n) is 18.1. The van der Waals surface area contributed by atoms with E-state index in [-0.39, 0.29) is 52.5 Å². The number of Topliss-reactive ketones (excluding diaryl/α,β-unsaturated/α-hetero) is 1. The van der Waals surface area contributed by atoms with Gasteiger partial charge in [-0.1, -0.05) is 54.6 Å². The highest BCUT2D eigenvalue weighted by molar-refractivity contribution is 6.24. The summed E-state index contributed by atoms with van der Waals surface area (Å²) in [5.74, 6) is -0.997. The molecule has 33 heavy (non-hydrogen) atoms. The minimum atomic E-state index is -1.01. The number of esters is 1. The molecule has 2 bridgehead atoms. The second kappa shape index (κ2) is 7.24. The number of benzene rings is 2. The maximum Gasteiger partial charge on any atom is 0.340 e. The molecule has 0 radical (unpaired) electrons. The average molecular weight is 441 g/mol. The Bertz CT molecular complexity index is 1180. The summed E-state index contributed by atoms with van der Waals surface area (Å²) < 4.78 is 5.47. The number of imide groups is 1. The van der Waals surface area contributed by atoms with Crippen molar-refractivity contribution >= 4 is 29.3 Å². The fourth-order valence-electron chi connectivity index (χ4n) is 6.15. The number of anilines is 1. The summed E-state index contributed by atoms with van der Waals surface area (Å²) in [4.78, 5) is 53.8. The van der Waals surface area contributed by atoms with Gasteiger partial charge in [-0.3, -0.25) is 14.4 Å². The molecule has 3 fully saturated rings. The van der Waals surface area contributed by atoms with E-state index in [1.54, 1.807) is 48.5 Å². The summed E-state index contributed by atoms with van der Waals surface area (Å²) >= 11 is 0. The summed E-state index contributed by atoms with van der Waals surface area (Å²) in [5.41, 5.74) is 0.789. The SMILES string of the molecule is C[C@@H](OC(=O)c1ccccc1N1C(=O)[C@@H]2[C@@H]3C=C[C@H]([C@H]4C[C@H]34)[C@@H]2C1=O)C(=O)c1ccccc1. The van der Waals surface area contributed by atoms with Gasteiger partial charge in [0.1, 0.15) is 0 Å². The molecule has 1 saturated heterocycles. The van der Waals surface area contributed by atoms with Gasteiger partial charge in [-0.05, 0) is 49.1 Å². The molecule has 1 aliphatic heterocycles. The van der Waals surface area contributed by atoms with Gasteiger partial charge in [0, 0.05) is 5.56 Å². The number of allylic oxidation sites excluding steroid dienone is 2. The number of hydrogen-bond donors (Lipinski definition) is 0. The maximum absolute atomic E-state index is 13.5. The molecule has 0 N–H and O–H groups in total. The quantitative estimate of drug-likeness (QED) is 0.306. The normalized spacial score (nSPS) is 31.7. The molecule has 2 saturated carbocycles. The predicted octanol–water partition coefficient (Wildman–Crippen LogP) is 3.67. The lowest BCUT2D eigenvalue weighted by Gasteiger charge is -2.37. The zero-order valence-corrected chi connectivity index (χ0v) is 18.1. The van der Waals surface area contributed by atoms with Gasteiger partial charge in [0.15, 0.2) is 6.10 Å². The van der Waals surface area contributed by atoms with Gasteiger partial charge in [-0.25, -0.2) is 9.69 Å². The fraction of sp³-hybridized carbons (Fsp3) is 0.333. The molecule has 0 spiro atoms. The standard InChI is InChI=1S/C27H23NO5/c1-14(24(29)15-7-3-2-4-8-15)33-27(32)18-9-5-6-10-21(18)28-25(30)22-16-11-12-17(20-13-19(16)20)23(22)26(28)31/h2-12,14,16-17,19-20,22-23H,13H2,1H3/t14-,16-,17-,19-,20-,22-,23+/m1/s1. The maximum atomic E-state index is 13.5. The van der Waals surface area contributed by atoms with Crippen LogP contribution >= 0.6 is 0 Å². The lowest BCUT2D eigenvalue weighted by atomic mass is 9.63. The van der Waals surface area contributed by atoms with Crippen LogP contribution in [-0.2, 0) is 14.3 Å². The Labute approximate surface area is 191 Å². The third-order valence-corrected chi connectivity index (χ3v) is 7.74. The number of para-hydroxylation sites is 1. The van der Waals surface area contributed by atoms with E-state index in [2.05, 4.69) is 12.2 Å². The molecule has 7 atom stereocenters. The van der Waals surface area contributed by atoms with Gasteiger partial charge >= 0.3 is 5.97 Å². The third-order valence-electron chi connectivity index (χ3n) is 7.74. The van der Waals surface area contributed by atoms with Gasteiger partial charge in [0.25, 0.3) is 0 Å². The fourth-order valence-corrected chi connectivity index (χ4v) is 6.15. The van der Waals surface area contributed by atoms with Crippen molar-refractivity contribution in [2.45, 2.75) is 19.4 Å². The lowest BCUT2D eigenvalue weighted by molar-refractivity contribution is -0.124. The second-order valence-electron chi connectivity index (χ2n) is 9.46. The van der Waals surface area contributed by atoms with Crippen LogP contribution in [-0.4, -0.2) is 29.7 Å². The Kier molecular flexibility index (Phi) is 4.41. The Hall–Kier alpha value is -3.54. The van der Waals surface area contributed by atoms with Crippen molar-refractivity contribution in [1.29, 1.82) is 0 Å². The Morgan fingerprint density at radius 3 is 2.09 bits per heavy atom. The van der Waals surface area contributed by atoms with Crippen LogP contribution < -0.4 is 4.90 Å². The van der Waals surface area contributed by atoms with E-state index in [1.165, 1.54) is 17.9 Å². The van der Waals surface area contributed by atoms with Gasteiger partial charge < -0.3 is 4.74 Å². The molecule has 6 nitrogen and oxygen atoms in total. The first-order valence-corrected chi connectivity index (χ1v) is 11.4. The number of rotatable bonds is 5. The van der Waals surface area contributed by atoms with Crippen LogP contribution in [0.4, 0.5) is 5.69 Å². The molecule has 0 aromatic heterocycles. The van der Waals surface area contributed by atoms with E-state index >= 15 is 0 Å². The molecular weight excluding hydrogens is 418 g/mol.